The van der Waals surface area contributed by atoms with Gasteiger partial charge >= 0.3 is 12.4 Å². The van der Waals surface area contributed by atoms with E-state index in [-0.39, 0.29) is 41.7 Å². The zero-order chi connectivity index (χ0) is 31.5. The smallest absolute Gasteiger partial charge is 0.349 e. The number of benzene rings is 2. The van der Waals surface area contributed by atoms with E-state index in [1.165, 1.54) is 12.1 Å². The van der Waals surface area contributed by atoms with Crippen LogP contribution in [0.25, 0.3) is 0 Å². The molecule has 1 saturated heterocycles. The quantitative estimate of drug-likeness (QED) is 0.131. The predicted molar refractivity (Wildman–Crippen MR) is 151 cm³/mol. The molecule has 0 aromatic heterocycles. The van der Waals surface area contributed by atoms with Gasteiger partial charge in [-0.05, 0) is 52.5 Å². The maximum atomic E-state index is 13.8. The van der Waals surface area contributed by atoms with Crippen molar-refractivity contribution in [2.75, 3.05) is 25.6 Å². The van der Waals surface area contributed by atoms with Gasteiger partial charge in [0.05, 0.1) is 50.4 Å². The summed E-state index contributed by atoms with van der Waals surface area (Å²) in [6, 6.07) is 6.74. The van der Waals surface area contributed by atoms with Gasteiger partial charge in [0.1, 0.15) is 5.82 Å². The minimum atomic E-state index is -5.01. The average Bonchev–Trinajstić information content (AvgIpc) is 2.87. The van der Waals surface area contributed by atoms with Crippen LogP contribution in [0.5, 0.6) is 0 Å². The van der Waals surface area contributed by atoms with E-state index in [0.717, 1.165) is 12.1 Å². The zero-order valence-electron chi connectivity index (χ0n) is 24.1. The molecule has 12 heteroatoms. The van der Waals surface area contributed by atoms with Crippen molar-refractivity contribution in [3.05, 3.63) is 70.5 Å². The molecule has 0 N–H and O–H groups in total. The molecular weight excluding hydrogens is 603 g/mol. The summed E-state index contributed by atoms with van der Waals surface area (Å²) in [5, 5.41) is -0.254. The summed E-state index contributed by atoms with van der Waals surface area (Å²) < 4.78 is 109. The van der Waals surface area contributed by atoms with Crippen molar-refractivity contribution in [1.29, 1.82) is 0 Å². The van der Waals surface area contributed by atoms with Crippen molar-refractivity contribution in [3.8, 4) is 11.8 Å². The summed E-state index contributed by atoms with van der Waals surface area (Å²) in [7, 11) is -2.36. The van der Waals surface area contributed by atoms with E-state index in [9.17, 15) is 30.7 Å². The Kier molecular flexibility index (Phi) is 10.9. The van der Waals surface area contributed by atoms with E-state index >= 15 is 0 Å². The van der Waals surface area contributed by atoms with Gasteiger partial charge in [-0.2, -0.15) is 26.3 Å². The lowest BCUT2D eigenvalue weighted by Gasteiger charge is -2.44. The van der Waals surface area contributed by atoms with E-state index in [1.54, 1.807) is 12.1 Å². The van der Waals surface area contributed by atoms with E-state index in [4.69, 9.17) is 21.1 Å². The molecule has 0 spiro atoms. The van der Waals surface area contributed by atoms with E-state index in [2.05, 4.69) is 11.8 Å². The van der Waals surface area contributed by atoms with Gasteiger partial charge < -0.3 is 9.47 Å². The SMILES string of the molecule is CC(C)(C)[Si](C)(C)C[C@@H](O[C@H]1OCCN(CC#CCCl)[C@H]1c1ccc(F)cc1)c1cc(C(F)(F)F)cc(C(F)(F)F)c1. The third kappa shape index (κ3) is 8.72. The van der Waals surface area contributed by atoms with Crippen molar-refractivity contribution >= 4 is 19.7 Å². The van der Waals surface area contributed by atoms with Crippen molar-refractivity contribution in [2.24, 2.45) is 0 Å². The summed E-state index contributed by atoms with van der Waals surface area (Å²) in [6.45, 7) is 10.9. The summed E-state index contributed by atoms with van der Waals surface area (Å²) >= 11 is 5.70. The van der Waals surface area contributed by atoms with Crippen molar-refractivity contribution in [2.45, 2.75) is 75.7 Å². The van der Waals surface area contributed by atoms with Crippen LogP contribution < -0.4 is 0 Å². The number of morpholine rings is 1. The Hall–Kier alpha value is -2.10. The molecule has 0 amide bonds. The summed E-state index contributed by atoms with van der Waals surface area (Å²) in [4.78, 5) is 1.91. The predicted octanol–water partition coefficient (Wildman–Crippen LogP) is 9.07. The number of alkyl halides is 7. The molecule has 3 rings (SSSR count). The van der Waals surface area contributed by atoms with E-state index < -0.39 is 55.8 Å². The summed E-state index contributed by atoms with van der Waals surface area (Å²) in [5.74, 6) is 5.35. The third-order valence-corrected chi connectivity index (χ3v) is 13.6. The zero-order valence-corrected chi connectivity index (χ0v) is 25.9. The van der Waals surface area contributed by atoms with Crippen LogP contribution >= 0.6 is 11.6 Å². The number of hydrogen-bond donors (Lipinski definition) is 0. The van der Waals surface area contributed by atoms with Crippen molar-refractivity contribution in [3.63, 3.8) is 0 Å². The van der Waals surface area contributed by atoms with Crippen LogP contribution in [0.1, 0.15) is 55.2 Å². The molecule has 3 nitrogen and oxygen atoms in total. The van der Waals surface area contributed by atoms with Gasteiger partial charge in [0.15, 0.2) is 6.29 Å². The lowest BCUT2D eigenvalue weighted by Crippen LogP contribution is -2.47. The Balaban J connectivity index is 2.15. The molecule has 0 aliphatic carbocycles. The van der Waals surface area contributed by atoms with Crippen LogP contribution in [0.15, 0.2) is 42.5 Å². The highest BCUT2D eigenvalue weighted by Gasteiger charge is 2.43. The molecule has 1 heterocycles. The Morgan fingerprint density at radius 2 is 1.55 bits per heavy atom. The Bertz CT molecular complexity index is 1230. The molecule has 2 aromatic carbocycles. The molecule has 232 valence electrons. The Morgan fingerprint density at radius 1 is 0.976 bits per heavy atom. The molecular formula is C30H35ClF7NO2Si. The first-order valence-corrected chi connectivity index (χ1v) is 17.2. The minimum Gasteiger partial charge on any atom is -0.349 e. The van der Waals surface area contributed by atoms with Gasteiger partial charge in [-0.1, -0.05) is 57.8 Å². The minimum absolute atomic E-state index is 0.108. The lowest BCUT2D eigenvalue weighted by molar-refractivity contribution is -0.228. The second-order valence-corrected chi connectivity index (χ2v) is 17.9. The first-order valence-electron chi connectivity index (χ1n) is 13.4. The number of rotatable bonds is 7. The third-order valence-electron chi connectivity index (χ3n) is 8.00. The number of nitrogens with zero attached hydrogens (tertiary/aromatic N) is 1. The highest BCUT2D eigenvalue weighted by atomic mass is 35.5. The summed E-state index contributed by atoms with van der Waals surface area (Å²) in [5.41, 5.74) is -2.45. The highest BCUT2D eigenvalue weighted by Crippen LogP contribution is 2.46. The molecule has 0 radical (unpaired) electrons. The van der Waals surface area contributed by atoms with Crippen molar-refractivity contribution in [1.82, 2.24) is 4.90 Å². The number of halogens is 8. The van der Waals surface area contributed by atoms with Crippen LogP contribution in [-0.4, -0.2) is 44.8 Å². The van der Waals surface area contributed by atoms with Crippen LogP contribution in [0.4, 0.5) is 30.7 Å². The van der Waals surface area contributed by atoms with Gasteiger partial charge in [0.25, 0.3) is 0 Å². The van der Waals surface area contributed by atoms with Crippen molar-refractivity contribution < 1.29 is 40.2 Å². The van der Waals surface area contributed by atoms with Gasteiger partial charge in [-0.25, -0.2) is 4.39 Å². The topological polar surface area (TPSA) is 21.7 Å². The molecule has 1 fully saturated rings. The molecule has 1 aliphatic heterocycles. The second kappa shape index (κ2) is 13.3. The standard InChI is InChI=1S/C30H35ClF7NO2Si/c1-28(2,3)42(4,5)19-25(21-16-22(29(33,34)35)18-23(17-21)30(36,37)38)41-27-26(20-8-10-24(32)11-9-20)39(14-15-40-27)13-7-6-12-31/h8-11,16-18,25-27H,12-15,19H2,1-5H3/t25-,26+,27-/m1/s1. The molecule has 42 heavy (non-hydrogen) atoms. The molecule has 0 unspecified atom stereocenters. The molecule has 0 bridgehead atoms. The van der Waals surface area contributed by atoms with Gasteiger partial charge in [0.2, 0.25) is 0 Å². The lowest BCUT2D eigenvalue weighted by atomic mass is 10.0. The fourth-order valence-corrected chi connectivity index (χ4v) is 6.52. The highest BCUT2D eigenvalue weighted by molar-refractivity contribution is 6.80. The number of ether oxygens (including phenoxy) is 2. The van der Waals surface area contributed by atoms with Crippen LogP contribution in [0.2, 0.25) is 24.2 Å². The maximum Gasteiger partial charge on any atom is 0.416 e. The average molecular weight is 638 g/mol. The first-order chi connectivity index (χ1) is 19.3. The second-order valence-electron chi connectivity index (χ2n) is 12.0. The molecule has 1 aliphatic rings. The fourth-order valence-electron chi connectivity index (χ4n) is 4.55. The van der Waals surface area contributed by atoms with E-state index in [0.29, 0.717) is 12.1 Å². The maximum absolute atomic E-state index is 13.8. The van der Waals surface area contributed by atoms with Gasteiger partial charge in [-0.3, -0.25) is 4.90 Å². The Morgan fingerprint density at radius 3 is 2.05 bits per heavy atom. The molecule has 3 atom stereocenters. The first kappa shape index (κ1) is 34.4. The number of hydrogen-bond acceptors (Lipinski definition) is 3. The largest absolute Gasteiger partial charge is 0.416 e. The van der Waals surface area contributed by atoms with Gasteiger partial charge in [0, 0.05) is 6.54 Å². The fraction of sp³-hybridized carbons (Fsp3) is 0.533. The summed E-state index contributed by atoms with van der Waals surface area (Å²) in [6.07, 6.45) is -12.3. The molecule has 2 aromatic rings. The van der Waals surface area contributed by atoms with Crippen LogP contribution in [0, 0.1) is 17.7 Å². The Labute approximate surface area is 248 Å². The van der Waals surface area contributed by atoms with E-state index in [1.807, 2.05) is 38.8 Å². The monoisotopic (exact) mass is 637 g/mol. The van der Waals surface area contributed by atoms with Gasteiger partial charge in [-0.15, -0.1) is 11.6 Å². The molecule has 0 saturated carbocycles. The van der Waals surface area contributed by atoms with Crippen LogP contribution in [-0.2, 0) is 21.8 Å². The normalized spacial score (nSPS) is 19.7. The van der Waals surface area contributed by atoms with Crippen LogP contribution in [0.3, 0.4) is 0 Å².